The summed E-state index contributed by atoms with van der Waals surface area (Å²) < 4.78 is 16.4. The zero-order valence-corrected chi connectivity index (χ0v) is 18.3. The van der Waals surface area contributed by atoms with E-state index in [9.17, 15) is 9.18 Å². The number of hydrogen-bond acceptors (Lipinski definition) is 4. The van der Waals surface area contributed by atoms with Crippen molar-refractivity contribution in [2.75, 3.05) is 5.75 Å². The van der Waals surface area contributed by atoms with Gasteiger partial charge in [-0.1, -0.05) is 73.5 Å². The average molecular weight is 439 g/mol. The number of halogens is 1. The summed E-state index contributed by atoms with van der Waals surface area (Å²) in [6.45, 7) is 0.604. The van der Waals surface area contributed by atoms with Crippen LogP contribution in [0.1, 0.15) is 37.7 Å². The summed E-state index contributed by atoms with van der Waals surface area (Å²) in [5.41, 5.74) is 1.60. The highest BCUT2D eigenvalue weighted by Crippen LogP contribution is 2.26. The average Bonchev–Trinajstić information content (AvgIpc) is 3.20. The SMILES string of the molecule is O=C(CSc1nnc(-c2ccccc2F)n1CCc1ccccc1)NC1CCCCC1. The summed E-state index contributed by atoms with van der Waals surface area (Å²) in [5.74, 6) is 0.450. The van der Waals surface area contributed by atoms with Crippen molar-refractivity contribution in [2.24, 2.45) is 0 Å². The number of amides is 1. The van der Waals surface area contributed by atoms with Gasteiger partial charge < -0.3 is 9.88 Å². The predicted molar refractivity (Wildman–Crippen MR) is 121 cm³/mol. The molecule has 3 aromatic rings. The molecule has 4 rings (SSSR count). The minimum Gasteiger partial charge on any atom is -0.353 e. The number of benzene rings is 2. The summed E-state index contributed by atoms with van der Waals surface area (Å²) >= 11 is 1.36. The van der Waals surface area contributed by atoms with Crippen LogP contribution in [0.25, 0.3) is 11.4 Å². The highest BCUT2D eigenvalue weighted by Gasteiger charge is 2.20. The molecule has 1 amide bonds. The van der Waals surface area contributed by atoms with Crippen LogP contribution in [0.15, 0.2) is 59.8 Å². The summed E-state index contributed by atoms with van der Waals surface area (Å²) in [6, 6.07) is 17.0. The molecule has 2 aromatic carbocycles. The van der Waals surface area contributed by atoms with Gasteiger partial charge in [0.1, 0.15) is 5.82 Å². The van der Waals surface area contributed by atoms with Crippen LogP contribution in [0.3, 0.4) is 0 Å². The van der Waals surface area contributed by atoms with Crippen LogP contribution in [0.4, 0.5) is 4.39 Å². The topological polar surface area (TPSA) is 59.8 Å². The van der Waals surface area contributed by atoms with Crippen molar-refractivity contribution < 1.29 is 9.18 Å². The molecule has 5 nitrogen and oxygen atoms in total. The van der Waals surface area contributed by atoms with Gasteiger partial charge in [0.05, 0.1) is 11.3 Å². The molecule has 1 heterocycles. The first kappa shape index (κ1) is 21.6. The minimum atomic E-state index is -0.331. The normalized spacial score (nSPS) is 14.5. The third kappa shape index (κ3) is 5.73. The second kappa shape index (κ2) is 10.6. The molecule has 1 saturated carbocycles. The number of thioether (sulfide) groups is 1. The van der Waals surface area contributed by atoms with E-state index >= 15 is 0 Å². The first-order chi connectivity index (χ1) is 15.2. The largest absolute Gasteiger partial charge is 0.353 e. The van der Waals surface area contributed by atoms with Crippen LogP contribution in [0.5, 0.6) is 0 Å². The van der Waals surface area contributed by atoms with Gasteiger partial charge in [-0.15, -0.1) is 10.2 Å². The fourth-order valence-electron chi connectivity index (χ4n) is 3.97. The van der Waals surface area contributed by atoms with Gasteiger partial charge in [0, 0.05) is 12.6 Å². The summed E-state index contributed by atoms with van der Waals surface area (Å²) in [7, 11) is 0. The highest BCUT2D eigenvalue weighted by molar-refractivity contribution is 7.99. The zero-order valence-electron chi connectivity index (χ0n) is 17.5. The fourth-order valence-corrected chi connectivity index (χ4v) is 4.75. The number of carbonyl (C=O) groups excluding carboxylic acids is 1. The summed E-state index contributed by atoms with van der Waals surface area (Å²) in [5, 5.41) is 12.3. The third-order valence-corrected chi connectivity index (χ3v) is 6.57. The van der Waals surface area contributed by atoms with E-state index in [1.807, 2.05) is 22.8 Å². The maximum Gasteiger partial charge on any atom is 0.230 e. The van der Waals surface area contributed by atoms with Gasteiger partial charge in [-0.05, 0) is 37.0 Å². The van der Waals surface area contributed by atoms with Crippen molar-refractivity contribution in [3.63, 3.8) is 0 Å². The molecule has 1 aromatic heterocycles. The molecule has 1 fully saturated rings. The van der Waals surface area contributed by atoms with Crippen molar-refractivity contribution in [3.8, 4) is 11.4 Å². The maximum atomic E-state index is 14.5. The van der Waals surface area contributed by atoms with Gasteiger partial charge in [0.15, 0.2) is 11.0 Å². The Labute approximate surface area is 186 Å². The first-order valence-electron chi connectivity index (χ1n) is 10.8. The smallest absolute Gasteiger partial charge is 0.230 e. The van der Waals surface area contributed by atoms with Crippen LogP contribution in [0, 0.1) is 5.82 Å². The van der Waals surface area contributed by atoms with Crippen molar-refractivity contribution in [1.29, 1.82) is 0 Å². The summed E-state index contributed by atoms with van der Waals surface area (Å²) in [4.78, 5) is 12.5. The second-order valence-corrected chi connectivity index (χ2v) is 8.81. The fraction of sp³-hybridized carbons (Fsp3) is 0.375. The Bertz CT molecular complexity index is 1000. The van der Waals surface area contributed by atoms with Crippen molar-refractivity contribution in [3.05, 3.63) is 66.0 Å². The molecular weight excluding hydrogens is 411 g/mol. The molecule has 0 aliphatic heterocycles. The zero-order chi connectivity index (χ0) is 21.5. The van der Waals surface area contributed by atoms with Gasteiger partial charge in [-0.25, -0.2) is 4.39 Å². The Morgan fingerprint density at radius 1 is 1.03 bits per heavy atom. The molecule has 7 heteroatoms. The lowest BCUT2D eigenvalue weighted by Crippen LogP contribution is -2.37. The number of nitrogens with zero attached hydrogens (tertiary/aromatic N) is 3. The van der Waals surface area contributed by atoms with Crippen LogP contribution in [-0.2, 0) is 17.8 Å². The van der Waals surface area contributed by atoms with E-state index in [4.69, 9.17) is 0 Å². The Morgan fingerprint density at radius 3 is 2.55 bits per heavy atom. The molecule has 0 radical (unpaired) electrons. The van der Waals surface area contributed by atoms with Gasteiger partial charge in [-0.3, -0.25) is 4.79 Å². The molecule has 0 atom stereocenters. The minimum absolute atomic E-state index is 0.0157. The van der Waals surface area contributed by atoms with Crippen LogP contribution >= 0.6 is 11.8 Å². The van der Waals surface area contributed by atoms with Gasteiger partial charge >= 0.3 is 0 Å². The molecule has 0 bridgehead atoms. The van der Waals surface area contributed by atoms with E-state index in [-0.39, 0.29) is 23.5 Å². The van der Waals surface area contributed by atoms with Crippen molar-refractivity contribution in [2.45, 2.75) is 56.3 Å². The Kier molecular flexibility index (Phi) is 7.35. The Balaban J connectivity index is 1.49. The van der Waals surface area contributed by atoms with E-state index in [0.717, 1.165) is 19.3 Å². The van der Waals surface area contributed by atoms with E-state index < -0.39 is 0 Å². The van der Waals surface area contributed by atoms with Crippen molar-refractivity contribution in [1.82, 2.24) is 20.1 Å². The van der Waals surface area contributed by atoms with Crippen LogP contribution in [0.2, 0.25) is 0 Å². The molecule has 162 valence electrons. The lowest BCUT2D eigenvalue weighted by Gasteiger charge is -2.22. The number of carbonyl (C=O) groups is 1. The van der Waals surface area contributed by atoms with Gasteiger partial charge in [-0.2, -0.15) is 0 Å². The number of rotatable bonds is 8. The van der Waals surface area contributed by atoms with Crippen molar-refractivity contribution >= 4 is 17.7 Å². The van der Waals surface area contributed by atoms with Gasteiger partial charge in [0.2, 0.25) is 5.91 Å². The van der Waals surface area contributed by atoms with E-state index in [2.05, 4.69) is 27.6 Å². The molecule has 1 aliphatic rings. The molecule has 1 N–H and O–H groups in total. The number of aromatic nitrogens is 3. The molecular formula is C24H27FN4OS. The van der Waals surface area contributed by atoms with E-state index in [1.165, 1.54) is 42.7 Å². The number of aryl methyl sites for hydroxylation is 1. The third-order valence-electron chi connectivity index (χ3n) is 5.60. The lowest BCUT2D eigenvalue weighted by molar-refractivity contribution is -0.119. The Morgan fingerprint density at radius 2 is 1.77 bits per heavy atom. The molecule has 0 unspecified atom stereocenters. The molecule has 1 aliphatic carbocycles. The second-order valence-electron chi connectivity index (χ2n) is 7.86. The monoisotopic (exact) mass is 438 g/mol. The number of nitrogens with one attached hydrogen (secondary N) is 1. The standard InChI is InChI=1S/C24H27FN4OS/c25-21-14-8-7-13-20(21)23-27-28-24(29(23)16-15-18-9-3-1-4-10-18)31-17-22(30)26-19-11-5-2-6-12-19/h1,3-4,7-10,13-14,19H,2,5-6,11-12,15-17H2,(H,26,30). The van der Waals surface area contributed by atoms with Gasteiger partial charge in [0.25, 0.3) is 0 Å². The first-order valence-corrected chi connectivity index (χ1v) is 11.8. The number of hydrogen-bond donors (Lipinski definition) is 1. The highest BCUT2D eigenvalue weighted by atomic mass is 32.2. The van der Waals surface area contributed by atoms with E-state index in [1.54, 1.807) is 18.2 Å². The predicted octanol–water partition coefficient (Wildman–Crippen LogP) is 4.87. The Hall–Kier alpha value is -2.67. The molecule has 31 heavy (non-hydrogen) atoms. The quantitative estimate of drug-likeness (QED) is 0.510. The summed E-state index contributed by atoms with van der Waals surface area (Å²) in [6.07, 6.45) is 6.49. The molecule has 0 saturated heterocycles. The lowest BCUT2D eigenvalue weighted by atomic mass is 9.95. The molecule has 0 spiro atoms. The maximum absolute atomic E-state index is 14.5. The van der Waals surface area contributed by atoms with Crippen LogP contribution in [-0.4, -0.2) is 32.5 Å². The van der Waals surface area contributed by atoms with E-state index in [0.29, 0.717) is 23.1 Å². The van der Waals surface area contributed by atoms with Crippen LogP contribution < -0.4 is 5.32 Å².